The van der Waals surface area contributed by atoms with Gasteiger partial charge in [-0.05, 0) is 51.5 Å². The van der Waals surface area contributed by atoms with Gasteiger partial charge in [0.15, 0.2) is 17.1 Å². The van der Waals surface area contributed by atoms with E-state index in [2.05, 4.69) is 10.3 Å². The maximum atomic E-state index is 13.0. The smallest absolute Gasteiger partial charge is 0.254 e. The van der Waals surface area contributed by atoms with E-state index in [0.29, 0.717) is 48.2 Å². The standard InChI is InChI=1S/C27H30N4O4/c1-6-34-23-13-12-19(14-24(23)35-7-2)25-17(3)30-31-18(4)21(16-28-26(25)31)27(32)29-15-20-10-8-9-11-22(20)33-5/h8-14,16H,6-7,15H2,1-5H3,(H,29,32). The summed E-state index contributed by atoms with van der Waals surface area (Å²) in [7, 11) is 1.61. The van der Waals surface area contributed by atoms with Gasteiger partial charge in [0.05, 0.1) is 37.3 Å². The van der Waals surface area contributed by atoms with Gasteiger partial charge in [-0.3, -0.25) is 4.79 Å². The van der Waals surface area contributed by atoms with Gasteiger partial charge in [-0.1, -0.05) is 24.3 Å². The number of carbonyl (C=O) groups is 1. The summed E-state index contributed by atoms with van der Waals surface area (Å²) < 4.78 is 18.6. The molecule has 1 N–H and O–H groups in total. The number of para-hydroxylation sites is 1. The van der Waals surface area contributed by atoms with Crippen LogP contribution >= 0.6 is 0 Å². The Labute approximate surface area is 204 Å². The molecule has 0 aliphatic carbocycles. The van der Waals surface area contributed by atoms with Gasteiger partial charge in [0, 0.05) is 23.9 Å². The van der Waals surface area contributed by atoms with Crippen molar-refractivity contribution in [2.45, 2.75) is 34.2 Å². The Kier molecular flexibility index (Phi) is 7.19. The fourth-order valence-corrected chi connectivity index (χ4v) is 4.09. The third-order valence-electron chi connectivity index (χ3n) is 5.77. The first-order valence-corrected chi connectivity index (χ1v) is 11.6. The second kappa shape index (κ2) is 10.5. The zero-order chi connectivity index (χ0) is 24.9. The van der Waals surface area contributed by atoms with E-state index < -0.39 is 0 Å². The third kappa shape index (κ3) is 4.77. The first-order valence-electron chi connectivity index (χ1n) is 11.6. The highest BCUT2D eigenvalue weighted by Gasteiger charge is 2.20. The van der Waals surface area contributed by atoms with E-state index in [1.807, 2.05) is 70.2 Å². The average Bonchev–Trinajstić information content (AvgIpc) is 3.21. The molecule has 182 valence electrons. The van der Waals surface area contributed by atoms with Crippen molar-refractivity contribution < 1.29 is 19.0 Å². The number of aromatic nitrogens is 3. The third-order valence-corrected chi connectivity index (χ3v) is 5.77. The molecule has 0 radical (unpaired) electrons. The second-order valence-corrected chi connectivity index (χ2v) is 7.98. The van der Waals surface area contributed by atoms with Crippen LogP contribution in [-0.4, -0.2) is 40.8 Å². The SMILES string of the molecule is CCOc1ccc(-c2c(C)nn3c(C)c(C(=O)NCc4ccccc4OC)cnc23)cc1OCC. The molecule has 0 atom stereocenters. The lowest BCUT2D eigenvalue weighted by Crippen LogP contribution is -2.25. The molecule has 2 aromatic heterocycles. The number of aryl methyl sites for hydroxylation is 2. The first-order chi connectivity index (χ1) is 17.0. The Balaban J connectivity index is 1.66. The summed E-state index contributed by atoms with van der Waals surface area (Å²) in [6.07, 6.45) is 1.60. The van der Waals surface area contributed by atoms with Crippen LogP contribution < -0.4 is 19.5 Å². The molecule has 0 bridgehead atoms. The molecule has 8 heteroatoms. The summed E-state index contributed by atoms with van der Waals surface area (Å²) in [5.41, 5.74) is 5.35. The van der Waals surface area contributed by atoms with Gasteiger partial charge in [0.1, 0.15) is 5.75 Å². The first kappa shape index (κ1) is 24.1. The molecule has 0 aliphatic heterocycles. The maximum absolute atomic E-state index is 13.0. The molecule has 0 fully saturated rings. The molecule has 0 saturated heterocycles. The monoisotopic (exact) mass is 474 g/mol. The van der Waals surface area contributed by atoms with Gasteiger partial charge < -0.3 is 19.5 Å². The van der Waals surface area contributed by atoms with E-state index in [4.69, 9.17) is 19.3 Å². The predicted molar refractivity (Wildman–Crippen MR) is 134 cm³/mol. The summed E-state index contributed by atoms with van der Waals surface area (Å²) >= 11 is 0. The Morgan fingerprint density at radius 3 is 2.49 bits per heavy atom. The number of methoxy groups -OCH3 is 1. The normalized spacial score (nSPS) is 10.9. The second-order valence-electron chi connectivity index (χ2n) is 7.98. The van der Waals surface area contributed by atoms with Crippen molar-refractivity contribution in [3.05, 3.63) is 71.2 Å². The molecule has 0 aliphatic rings. The van der Waals surface area contributed by atoms with Crippen molar-refractivity contribution in [2.75, 3.05) is 20.3 Å². The summed E-state index contributed by atoms with van der Waals surface area (Å²) in [5, 5.41) is 7.65. The van der Waals surface area contributed by atoms with Crippen LogP contribution in [0.4, 0.5) is 0 Å². The van der Waals surface area contributed by atoms with Gasteiger partial charge in [0.2, 0.25) is 0 Å². The molecule has 2 aromatic carbocycles. The fraction of sp³-hybridized carbons (Fsp3) is 0.296. The van der Waals surface area contributed by atoms with Crippen molar-refractivity contribution >= 4 is 11.6 Å². The van der Waals surface area contributed by atoms with Crippen LogP contribution in [0.25, 0.3) is 16.8 Å². The number of hydrogen-bond donors (Lipinski definition) is 1. The van der Waals surface area contributed by atoms with Crippen molar-refractivity contribution in [2.24, 2.45) is 0 Å². The van der Waals surface area contributed by atoms with Crippen molar-refractivity contribution in [1.82, 2.24) is 19.9 Å². The molecule has 8 nitrogen and oxygen atoms in total. The fourth-order valence-electron chi connectivity index (χ4n) is 4.09. The van der Waals surface area contributed by atoms with Crippen LogP contribution in [0, 0.1) is 13.8 Å². The number of ether oxygens (including phenoxy) is 3. The van der Waals surface area contributed by atoms with E-state index in [9.17, 15) is 4.79 Å². The van der Waals surface area contributed by atoms with Crippen molar-refractivity contribution in [1.29, 1.82) is 0 Å². The molecule has 0 spiro atoms. The van der Waals surface area contributed by atoms with Crippen LogP contribution in [0.2, 0.25) is 0 Å². The Morgan fingerprint density at radius 1 is 1.00 bits per heavy atom. The van der Waals surface area contributed by atoms with E-state index in [0.717, 1.165) is 28.1 Å². The number of nitrogens with zero attached hydrogens (tertiary/aromatic N) is 3. The van der Waals surface area contributed by atoms with Crippen LogP contribution in [0.1, 0.15) is 41.2 Å². The average molecular weight is 475 g/mol. The van der Waals surface area contributed by atoms with E-state index in [1.165, 1.54) is 0 Å². The molecular formula is C27H30N4O4. The molecule has 0 unspecified atom stereocenters. The zero-order valence-electron chi connectivity index (χ0n) is 20.7. The Bertz CT molecular complexity index is 1360. The van der Waals surface area contributed by atoms with Gasteiger partial charge in [-0.2, -0.15) is 5.10 Å². The molecule has 2 heterocycles. The molecular weight excluding hydrogens is 444 g/mol. The number of amides is 1. The number of hydrogen-bond acceptors (Lipinski definition) is 6. The predicted octanol–water partition coefficient (Wildman–Crippen LogP) is 4.75. The summed E-state index contributed by atoms with van der Waals surface area (Å²) in [5.74, 6) is 1.88. The molecule has 4 aromatic rings. The minimum atomic E-state index is -0.225. The number of rotatable bonds is 9. The van der Waals surface area contributed by atoms with E-state index in [-0.39, 0.29) is 5.91 Å². The lowest BCUT2D eigenvalue weighted by Gasteiger charge is -2.13. The van der Waals surface area contributed by atoms with Gasteiger partial charge in [0.25, 0.3) is 5.91 Å². The van der Waals surface area contributed by atoms with Crippen molar-refractivity contribution in [3.63, 3.8) is 0 Å². The lowest BCUT2D eigenvalue weighted by atomic mass is 10.1. The number of carbonyl (C=O) groups excluding carboxylic acids is 1. The van der Waals surface area contributed by atoms with Crippen LogP contribution in [0.3, 0.4) is 0 Å². The van der Waals surface area contributed by atoms with Crippen LogP contribution in [0.5, 0.6) is 17.2 Å². The van der Waals surface area contributed by atoms with Crippen LogP contribution in [-0.2, 0) is 6.54 Å². The van der Waals surface area contributed by atoms with Gasteiger partial charge in [-0.25, -0.2) is 9.50 Å². The minimum absolute atomic E-state index is 0.225. The highest BCUT2D eigenvalue weighted by molar-refractivity contribution is 5.95. The highest BCUT2D eigenvalue weighted by Crippen LogP contribution is 2.36. The molecule has 35 heavy (non-hydrogen) atoms. The number of benzene rings is 2. The summed E-state index contributed by atoms with van der Waals surface area (Å²) in [6.45, 7) is 9.11. The van der Waals surface area contributed by atoms with E-state index in [1.54, 1.807) is 17.8 Å². The largest absolute Gasteiger partial charge is 0.496 e. The number of fused-ring (bicyclic) bond motifs is 1. The molecule has 4 rings (SSSR count). The molecule has 1 amide bonds. The maximum Gasteiger partial charge on any atom is 0.254 e. The Hall–Kier alpha value is -4.07. The van der Waals surface area contributed by atoms with Gasteiger partial charge in [-0.15, -0.1) is 0 Å². The quantitative estimate of drug-likeness (QED) is 0.377. The topological polar surface area (TPSA) is 87.0 Å². The van der Waals surface area contributed by atoms with Crippen LogP contribution in [0.15, 0.2) is 48.7 Å². The lowest BCUT2D eigenvalue weighted by molar-refractivity contribution is 0.0949. The highest BCUT2D eigenvalue weighted by atomic mass is 16.5. The van der Waals surface area contributed by atoms with Gasteiger partial charge >= 0.3 is 0 Å². The zero-order valence-corrected chi connectivity index (χ0v) is 20.7. The summed E-state index contributed by atoms with van der Waals surface area (Å²) in [4.78, 5) is 17.6. The number of nitrogens with one attached hydrogen (secondary N) is 1. The minimum Gasteiger partial charge on any atom is -0.496 e. The van der Waals surface area contributed by atoms with Crippen molar-refractivity contribution in [3.8, 4) is 28.4 Å². The Morgan fingerprint density at radius 2 is 1.74 bits per heavy atom. The molecule has 0 saturated carbocycles. The summed E-state index contributed by atoms with van der Waals surface area (Å²) in [6, 6.07) is 13.4. The van der Waals surface area contributed by atoms with E-state index >= 15 is 0 Å².